The molecular weight excluding hydrogens is 360 g/mol. The molecule has 4 rings (SSSR count). The van der Waals surface area contributed by atoms with Gasteiger partial charge in [-0.25, -0.2) is 9.97 Å². The van der Waals surface area contributed by atoms with Gasteiger partial charge in [-0.15, -0.1) is 0 Å². The molecule has 0 saturated carbocycles. The first-order valence-corrected chi connectivity index (χ1v) is 10.2. The summed E-state index contributed by atoms with van der Waals surface area (Å²) >= 11 is 0. The third-order valence-corrected chi connectivity index (χ3v) is 5.60. The summed E-state index contributed by atoms with van der Waals surface area (Å²) in [5.74, 6) is 0.642. The molecule has 2 aromatic heterocycles. The van der Waals surface area contributed by atoms with Crippen LogP contribution in [0.25, 0.3) is 11.1 Å². The van der Waals surface area contributed by atoms with E-state index >= 15 is 0 Å². The van der Waals surface area contributed by atoms with Crippen LogP contribution in [0.1, 0.15) is 42.1 Å². The predicted molar refractivity (Wildman–Crippen MR) is 113 cm³/mol. The molecule has 1 saturated heterocycles. The second-order valence-corrected chi connectivity index (χ2v) is 7.69. The van der Waals surface area contributed by atoms with Gasteiger partial charge in [0.05, 0.1) is 0 Å². The quantitative estimate of drug-likeness (QED) is 0.660. The third kappa shape index (κ3) is 4.86. The van der Waals surface area contributed by atoms with E-state index in [9.17, 15) is 4.79 Å². The molecular formula is C24H26N4O. The first-order chi connectivity index (χ1) is 14.2. The molecule has 0 unspecified atom stereocenters. The number of likely N-dealkylation sites (tertiary alicyclic amines) is 1. The monoisotopic (exact) mass is 386 g/mol. The van der Waals surface area contributed by atoms with E-state index in [1.165, 1.54) is 5.56 Å². The van der Waals surface area contributed by atoms with E-state index in [1.54, 1.807) is 6.33 Å². The molecule has 5 heteroatoms. The van der Waals surface area contributed by atoms with Crippen LogP contribution in [-0.2, 0) is 11.2 Å². The minimum atomic E-state index is 0.256. The number of benzene rings is 1. The lowest BCUT2D eigenvalue weighted by molar-refractivity contribution is -0.132. The van der Waals surface area contributed by atoms with Crippen LogP contribution in [-0.4, -0.2) is 38.8 Å². The SMILES string of the molecule is Cc1cc(-c2cncnc2)cc(C2CCN(C(=O)CCc3ccccc3)CC2)n1. The number of carbonyl (C=O) groups is 1. The van der Waals surface area contributed by atoms with Gasteiger partial charge < -0.3 is 4.90 Å². The number of rotatable bonds is 5. The maximum Gasteiger partial charge on any atom is 0.222 e. The molecule has 0 radical (unpaired) electrons. The molecule has 1 fully saturated rings. The number of aromatic nitrogens is 3. The summed E-state index contributed by atoms with van der Waals surface area (Å²) in [5.41, 5.74) is 5.45. The van der Waals surface area contributed by atoms with Crippen LogP contribution in [0.15, 0.2) is 61.2 Å². The minimum Gasteiger partial charge on any atom is -0.343 e. The first kappa shape index (κ1) is 19.2. The lowest BCUT2D eigenvalue weighted by Gasteiger charge is -2.32. The zero-order chi connectivity index (χ0) is 20.1. The van der Waals surface area contributed by atoms with Crippen molar-refractivity contribution < 1.29 is 4.79 Å². The summed E-state index contributed by atoms with van der Waals surface area (Å²) in [7, 11) is 0. The van der Waals surface area contributed by atoms with Crippen LogP contribution in [0.2, 0.25) is 0 Å². The number of nitrogens with zero attached hydrogens (tertiary/aromatic N) is 4. The van der Waals surface area contributed by atoms with Crippen molar-refractivity contribution in [2.24, 2.45) is 0 Å². The Morgan fingerprint density at radius 2 is 1.76 bits per heavy atom. The molecule has 1 aromatic carbocycles. The number of aryl methyl sites for hydroxylation is 2. The number of pyridine rings is 1. The molecule has 3 heterocycles. The van der Waals surface area contributed by atoms with Gasteiger partial charge in [-0.05, 0) is 49.4 Å². The summed E-state index contributed by atoms with van der Waals surface area (Å²) in [5, 5.41) is 0. The van der Waals surface area contributed by atoms with Crippen molar-refractivity contribution in [1.82, 2.24) is 19.9 Å². The van der Waals surface area contributed by atoms with Gasteiger partial charge in [-0.2, -0.15) is 0 Å². The molecule has 148 valence electrons. The topological polar surface area (TPSA) is 59.0 Å². The Hall–Kier alpha value is -3.08. The zero-order valence-electron chi connectivity index (χ0n) is 16.8. The highest BCUT2D eigenvalue weighted by molar-refractivity contribution is 5.76. The molecule has 0 spiro atoms. The van der Waals surface area contributed by atoms with Gasteiger partial charge in [-0.3, -0.25) is 9.78 Å². The molecule has 3 aromatic rings. The van der Waals surface area contributed by atoms with Gasteiger partial charge in [0.2, 0.25) is 5.91 Å². The molecule has 5 nitrogen and oxygen atoms in total. The van der Waals surface area contributed by atoms with Gasteiger partial charge >= 0.3 is 0 Å². The second-order valence-electron chi connectivity index (χ2n) is 7.69. The number of piperidine rings is 1. The Morgan fingerprint density at radius 1 is 1.03 bits per heavy atom. The van der Waals surface area contributed by atoms with Gasteiger partial charge in [0.1, 0.15) is 6.33 Å². The van der Waals surface area contributed by atoms with Crippen LogP contribution in [0.5, 0.6) is 0 Å². The van der Waals surface area contributed by atoms with Crippen molar-refractivity contribution in [3.05, 3.63) is 78.1 Å². The Labute approximate surface area is 171 Å². The van der Waals surface area contributed by atoms with E-state index in [0.29, 0.717) is 12.3 Å². The van der Waals surface area contributed by atoms with E-state index in [1.807, 2.05) is 42.4 Å². The molecule has 0 atom stereocenters. The third-order valence-electron chi connectivity index (χ3n) is 5.60. The summed E-state index contributed by atoms with van der Waals surface area (Å²) in [6.07, 6.45) is 8.51. The minimum absolute atomic E-state index is 0.256. The van der Waals surface area contributed by atoms with Crippen molar-refractivity contribution >= 4 is 5.91 Å². The molecule has 29 heavy (non-hydrogen) atoms. The Bertz CT molecular complexity index is 951. The lowest BCUT2D eigenvalue weighted by Crippen LogP contribution is -2.38. The lowest BCUT2D eigenvalue weighted by atomic mass is 9.91. The average molecular weight is 386 g/mol. The number of hydrogen-bond donors (Lipinski definition) is 0. The van der Waals surface area contributed by atoms with E-state index < -0.39 is 0 Å². The van der Waals surface area contributed by atoms with Gasteiger partial charge in [0, 0.05) is 54.8 Å². The van der Waals surface area contributed by atoms with Crippen molar-refractivity contribution in [2.45, 2.75) is 38.5 Å². The first-order valence-electron chi connectivity index (χ1n) is 10.2. The molecule has 1 aliphatic rings. The Kier molecular flexibility index (Phi) is 5.94. The Morgan fingerprint density at radius 3 is 2.48 bits per heavy atom. The van der Waals surface area contributed by atoms with Crippen LogP contribution in [0.4, 0.5) is 0 Å². The number of hydrogen-bond acceptors (Lipinski definition) is 4. The normalized spacial score (nSPS) is 14.7. The highest BCUT2D eigenvalue weighted by Gasteiger charge is 2.25. The standard InChI is InChI=1S/C24H26N4O/c1-18-13-21(22-15-25-17-26-16-22)14-23(27-18)20-9-11-28(12-10-20)24(29)8-7-19-5-3-2-4-6-19/h2-6,13-17,20H,7-12H2,1H3. The summed E-state index contributed by atoms with van der Waals surface area (Å²) in [6, 6.07) is 14.4. The maximum atomic E-state index is 12.6. The summed E-state index contributed by atoms with van der Waals surface area (Å²) in [4.78, 5) is 27.7. The fourth-order valence-corrected chi connectivity index (χ4v) is 4.00. The van der Waals surface area contributed by atoms with Crippen molar-refractivity contribution in [1.29, 1.82) is 0 Å². The van der Waals surface area contributed by atoms with Crippen molar-refractivity contribution in [3.8, 4) is 11.1 Å². The van der Waals surface area contributed by atoms with E-state index in [0.717, 1.165) is 54.9 Å². The fraction of sp³-hybridized carbons (Fsp3) is 0.333. The number of amides is 1. The average Bonchev–Trinajstić information content (AvgIpc) is 2.78. The maximum absolute atomic E-state index is 12.6. The highest BCUT2D eigenvalue weighted by Crippen LogP contribution is 2.30. The molecule has 0 N–H and O–H groups in total. The van der Waals surface area contributed by atoms with Gasteiger partial charge in [0.25, 0.3) is 0 Å². The Balaban J connectivity index is 1.37. The molecule has 0 aliphatic carbocycles. The highest BCUT2D eigenvalue weighted by atomic mass is 16.2. The number of carbonyl (C=O) groups excluding carboxylic acids is 1. The largest absolute Gasteiger partial charge is 0.343 e. The van der Waals surface area contributed by atoms with Crippen molar-refractivity contribution in [2.75, 3.05) is 13.1 Å². The fourth-order valence-electron chi connectivity index (χ4n) is 4.00. The van der Waals surface area contributed by atoms with E-state index in [4.69, 9.17) is 4.98 Å². The van der Waals surface area contributed by atoms with E-state index in [2.05, 4.69) is 34.2 Å². The second kappa shape index (κ2) is 8.95. The smallest absolute Gasteiger partial charge is 0.222 e. The summed E-state index contributed by atoms with van der Waals surface area (Å²) < 4.78 is 0. The van der Waals surface area contributed by atoms with Crippen LogP contribution < -0.4 is 0 Å². The predicted octanol–water partition coefficient (Wildman–Crippen LogP) is 4.19. The molecule has 0 bridgehead atoms. The molecule has 1 amide bonds. The van der Waals surface area contributed by atoms with Crippen LogP contribution in [0, 0.1) is 6.92 Å². The van der Waals surface area contributed by atoms with Crippen LogP contribution >= 0.6 is 0 Å². The zero-order valence-corrected chi connectivity index (χ0v) is 16.8. The van der Waals surface area contributed by atoms with Crippen molar-refractivity contribution in [3.63, 3.8) is 0 Å². The van der Waals surface area contributed by atoms with Gasteiger partial charge in [-0.1, -0.05) is 30.3 Å². The van der Waals surface area contributed by atoms with E-state index in [-0.39, 0.29) is 5.91 Å². The summed E-state index contributed by atoms with van der Waals surface area (Å²) in [6.45, 7) is 3.63. The van der Waals surface area contributed by atoms with Crippen LogP contribution in [0.3, 0.4) is 0 Å². The van der Waals surface area contributed by atoms with Gasteiger partial charge in [0.15, 0.2) is 0 Å². The molecule has 1 aliphatic heterocycles.